The number of fused-ring (bicyclic) bond motifs is 3. The second kappa shape index (κ2) is 12.9. The van der Waals surface area contributed by atoms with Gasteiger partial charge in [-0.2, -0.15) is 0 Å². The standard InChI is InChI=1S/C51H44/c1-33-29-34(2)31-39(30-33)48(43-28-19-35(3)41-13-7-8-14-42(41)43)32-36-20-22-37(23-21-36)49-44-15-9-11-17-46(44)50(47-18-12-10-16-45(47)49)38-24-26-40(27-25-38)51(4,5)6/h7-32H,1-6H3/b48-32+. The Kier molecular flexibility index (Phi) is 8.20. The van der Waals surface area contributed by atoms with Crippen molar-refractivity contribution in [2.24, 2.45) is 0 Å². The van der Waals surface area contributed by atoms with Gasteiger partial charge in [0.1, 0.15) is 0 Å². The van der Waals surface area contributed by atoms with E-state index in [1.165, 1.54) is 99.1 Å². The molecule has 0 aliphatic heterocycles. The predicted octanol–water partition coefficient (Wildman–Crippen LogP) is 14.3. The molecule has 0 fully saturated rings. The van der Waals surface area contributed by atoms with E-state index in [4.69, 9.17) is 0 Å². The maximum Gasteiger partial charge on any atom is -0.00264 e. The van der Waals surface area contributed by atoms with Crippen LogP contribution in [0.5, 0.6) is 0 Å². The summed E-state index contributed by atoms with van der Waals surface area (Å²) in [6.45, 7) is 13.4. The maximum atomic E-state index is 2.37. The molecular formula is C51H44. The van der Waals surface area contributed by atoms with E-state index in [1.807, 2.05) is 0 Å². The summed E-state index contributed by atoms with van der Waals surface area (Å²) in [6, 6.07) is 56.5. The van der Waals surface area contributed by atoms with Crippen LogP contribution >= 0.6 is 0 Å². The molecule has 0 unspecified atom stereocenters. The van der Waals surface area contributed by atoms with Crippen molar-refractivity contribution in [1.29, 1.82) is 0 Å². The van der Waals surface area contributed by atoms with Gasteiger partial charge in [0.15, 0.2) is 0 Å². The van der Waals surface area contributed by atoms with Crippen molar-refractivity contribution in [3.05, 3.63) is 191 Å². The first-order valence-corrected chi connectivity index (χ1v) is 18.1. The topological polar surface area (TPSA) is 0 Å². The lowest BCUT2D eigenvalue weighted by Crippen LogP contribution is -2.10. The summed E-state index contributed by atoms with van der Waals surface area (Å²) in [5.74, 6) is 0. The molecule has 0 heteroatoms. The Morgan fingerprint density at radius 2 is 0.902 bits per heavy atom. The summed E-state index contributed by atoms with van der Waals surface area (Å²) in [5, 5.41) is 7.69. The number of rotatable bonds is 5. The Morgan fingerprint density at radius 1 is 0.451 bits per heavy atom. The molecule has 0 saturated heterocycles. The van der Waals surface area contributed by atoms with Gasteiger partial charge in [0.2, 0.25) is 0 Å². The molecule has 0 nitrogen and oxygen atoms in total. The molecule has 0 aromatic heterocycles. The molecule has 0 spiro atoms. The van der Waals surface area contributed by atoms with Gasteiger partial charge in [-0.05, 0) is 120 Å². The third kappa shape index (κ3) is 6.06. The fraction of sp³-hybridized carbons (Fsp3) is 0.137. The molecule has 0 saturated carbocycles. The molecule has 0 N–H and O–H groups in total. The molecule has 0 heterocycles. The molecule has 248 valence electrons. The zero-order valence-corrected chi connectivity index (χ0v) is 30.5. The Bertz CT molecular complexity index is 2530. The van der Waals surface area contributed by atoms with Crippen molar-refractivity contribution >= 4 is 44.0 Å². The SMILES string of the molecule is Cc1cc(C)cc(/C(=C\c2ccc(-c3c4ccccc4c(-c4ccc(C(C)(C)C)cc4)c4ccccc34)cc2)c2ccc(C)c3ccccc23)c1. The number of hydrogen-bond donors (Lipinski definition) is 0. The minimum atomic E-state index is 0.113. The van der Waals surface area contributed by atoms with E-state index in [-0.39, 0.29) is 5.41 Å². The molecule has 0 amide bonds. The molecule has 0 atom stereocenters. The second-order valence-electron chi connectivity index (χ2n) is 15.2. The Hall–Kier alpha value is -5.72. The van der Waals surface area contributed by atoms with Gasteiger partial charge in [0, 0.05) is 0 Å². The van der Waals surface area contributed by atoms with E-state index in [1.54, 1.807) is 0 Å². The van der Waals surface area contributed by atoms with E-state index in [2.05, 4.69) is 199 Å². The van der Waals surface area contributed by atoms with Gasteiger partial charge in [-0.1, -0.05) is 184 Å². The van der Waals surface area contributed by atoms with E-state index in [0.29, 0.717) is 0 Å². The number of benzene rings is 8. The van der Waals surface area contributed by atoms with E-state index in [0.717, 1.165) is 0 Å². The summed E-state index contributed by atoms with van der Waals surface area (Å²) in [4.78, 5) is 0. The summed E-state index contributed by atoms with van der Waals surface area (Å²) in [5.41, 5.74) is 15.3. The fourth-order valence-corrected chi connectivity index (χ4v) is 7.93. The zero-order chi connectivity index (χ0) is 35.3. The van der Waals surface area contributed by atoms with Crippen LogP contribution in [0, 0.1) is 20.8 Å². The third-order valence-corrected chi connectivity index (χ3v) is 10.4. The van der Waals surface area contributed by atoms with Crippen molar-refractivity contribution in [2.45, 2.75) is 47.0 Å². The van der Waals surface area contributed by atoms with Gasteiger partial charge >= 0.3 is 0 Å². The van der Waals surface area contributed by atoms with Crippen LogP contribution in [0.25, 0.3) is 66.2 Å². The van der Waals surface area contributed by atoms with Crippen molar-refractivity contribution in [3.63, 3.8) is 0 Å². The molecule has 0 aliphatic rings. The second-order valence-corrected chi connectivity index (χ2v) is 15.2. The fourth-order valence-electron chi connectivity index (χ4n) is 7.93. The van der Waals surface area contributed by atoms with Crippen LogP contribution in [-0.2, 0) is 5.41 Å². The molecule has 0 bridgehead atoms. The van der Waals surface area contributed by atoms with Crippen molar-refractivity contribution in [2.75, 3.05) is 0 Å². The van der Waals surface area contributed by atoms with Crippen molar-refractivity contribution in [3.8, 4) is 22.3 Å². The third-order valence-electron chi connectivity index (χ3n) is 10.4. The molecule has 0 aliphatic carbocycles. The first kappa shape index (κ1) is 32.5. The van der Waals surface area contributed by atoms with Gasteiger partial charge in [0.05, 0.1) is 0 Å². The van der Waals surface area contributed by atoms with Gasteiger partial charge in [-0.3, -0.25) is 0 Å². The van der Waals surface area contributed by atoms with Crippen LogP contribution in [0.3, 0.4) is 0 Å². The highest BCUT2D eigenvalue weighted by Crippen LogP contribution is 2.44. The average Bonchev–Trinajstić information content (AvgIpc) is 3.13. The smallest absolute Gasteiger partial charge is 0.00264 e. The van der Waals surface area contributed by atoms with E-state index < -0.39 is 0 Å². The summed E-state index contributed by atoms with van der Waals surface area (Å²) in [6.07, 6.45) is 2.37. The van der Waals surface area contributed by atoms with Crippen LogP contribution in [0.15, 0.2) is 152 Å². The van der Waals surface area contributed by atoms with Gasteiger partial charge in [0.25, 0.3) is 0 Å². The summed E-state index contributed by atoms with van der Waals surface area (Å²) >= 11 is 0. The molecule has 51 heavy (non-hydrogen) atoms. The highest BCUT2D eigenvalue weighted by Gasteiger charge is 2.18. The molecule has 0 radical (unpaired) electrons. The van der Waals surface area contributed by atoms with Crippen LogP contribution in [-0.4, -0.2) is 0 Å². The largest absolute Gasteiger partial charge is 0.0616 e. The van der Waals surface area contributed by atoms with Gasteiger partial charge in [-0.15, -0.1) is 0 Å². The van der Waals surface area contributed by atoms with Crippen molar-refractivity contribution < 1.29 is 0 Å². The molecule has 8 rings (SSSR count). The number of aryl methyl sites for hydroxylation is 3. The maximum absolute atomic E-state index is 2.37. The van der Waals surface area contributed by atoms with E-state index >= 15 is 0 Å². The van der Waals surface area contributed by atoms with Crippen LogP contribution in [0.2, 0.25) is 0 Å². The minimum absolute atomic E-state index is 0.113. The monoisotopic (exact) mass is 656 g/mol. The van der Waals surface area contributed by atoms with Crippen LogP contribution in [0.4, 0.5) is 0 Å². The summed E-state index contributed by atoms with van der Waals surface area (Å²) in [7, 11) is 0. The van der Waals surface area contributed by atoms with Crippen molar-refractivity contribution in [1.82, 2.24) is 0 Å². The van der Waals surface area contributed by atoms with Gasteiger partial charge < -0.3 is 0 Å². The molecular weight excluding hydrogens is 613 g/mol. The lowest BCUT2D eigenvalue weighted by molar-refractivity contribution is 0.590. The molecule has 8 aromatic rings. The zero-order valence-electron chi connectivity index (χ0n) is 30.5. The first-order valence-electron chi connectivity index (χ1n) is 18.1. The first-order chi connectivity index (χ1) is 24.7. The average molecular weight is 657 g/mol. The Balaban J connectivity index is 1.29. The minimum Gasteiger partial charge on any atom is -0.0616 e. The Morgan fingerprint density at radius 3 is 1.39 bits per heavy atom. The lowest BCUT2D eigenvalue weighted by atomic mass is 9.83. The normalized spacial score (nSPS) is 12.2. The van der Waals surface area contributed by atoms with E-state index in [9.17, 15) is 0 Å². The summed E-state index contributed by atoms with van der Waals surface area (Å²) < 4.78 is 0. The molecule has 8 aromatic carbocycles. The Labute approximate surface area is 302 Å². The highest BCUT2D eigenvalue weighted by atomic mass is 14.2. The van der Waals surface area contributed by atoms with Crippen LogP contribution < -0.4 is 0 Å². The quantitative estimate of drug-likeness (QED) is 0.128. The highest BCUT2D eigenvalue weighted by molar-refractivity contribution is 6.21. The number of hydrogen-bond acceptors (Lipinski definition) is 0. The van der Waals surface area contributed by atoms with Gasteiger partial charge in [-0.25, -0.2) is 0 Å². The lowest BCUT2D eigenvalue weighted by Gasteiger charge is -2.21. The predicted molar refractivity (Wildman–Crippen MR) is 223 cm³/mol. The van der Waals surface area contributed by atoms with Crippen LogP contribution in [0.1, 0.15) is 59.7 Å².